The molecule has 10 heteroatoms. The minimum atomic E-state index is -1.17. The Morgan fingerprint density at radius 1 is 1.02 bits per heavy atom. The first-order valence-electron chi connectivity index (χ1n) is 13.2. The van der Waals surface area contributed by atoms with Crippen LogP contribution in [0.2, 0.25) is 0 Å². The van der Waals surface area contributed by atoms with Crippen LogP contribution in [0, 0.1) is 10.1 Å². The number of nitro groups is 1. The summed E-state index contributed by atoms with van der Waals surface area (Å²) in [7, 11) is 0. The molecule has 2 atom stereocenters. The van der Waals surface area contributed by atoms with E-state index in [2.05, 4.69) is 59.6 Å². The minimum Gasteiger partial charge on any atom is -0.530 e. The van der Waals surface area contributed by atoms with Crippen molar-refractivity contribution in [2.24, 2.45) is 0 Å². The van der Waals surface area contributed by atoms with Gasteiger partial charge in [0.1, 0.15) is 6.09 Å². The molecule has 0 aliphatic carbocycles. The van der Waals surface area contributed by atoms with Gasteiger partial charge < -0.3 is 19.5 Å². The third kappa shape index (κ3) is 6.19. The second-order valence-corrected chi connectivity index (χ2v) is 12.3. The van der Waals surface area contributed by atoms with E-state index < -0.39 is 11.0 Å². The number of carbonyl (C=O) groups excluding carboxylic acids is 1. The summed E-state index contributed by atoms with van der Waals surface area (Å²) in [4.78, 5) is 28.2. The predicted octanol–water partition coefficient (Wildman–Crippen LogP) is 6.37. The van der Waals surface area contributed by atoms with Crippen molar-refractivity contribution < 1.29 is 19.6 Å². The van der Waals surface area contributed by atoms with Gasteiger partial charge in [0.25, 0.3) is 5.69 Å². The molecule has 0 saturated carbocycles. The van der Waals surface area contributed by atoms with Crippen LogP contribution in [0.5, 0.6) is 0 Å². The number of carbonyl (C=O) groups is 1. The first-order valence-corrected chi connectivity index (χ1v) is 15.0. The largest absolute Gasteiger partial charge is 0.530 e. The molecule has 1 saturated heterocycles. The average Bonchev–Trinajstić information content (AvgIpc) is 3.41. The second kappa shape index (κ2) is 11.9. The highest BCUT2D eigenvalue weighted by Gasteiger charge is 2.31. The van der Waals surface area contributed by atoms with Crippen LogP contribution in [0.1, 0.15) is 29.0 Å². The molecular formula is C31H26N3O5S2-. The first kappa shape index (κ1) is 27.2. The molecule has 1 aliphatic heterocycles. The summed E-state index contributed by atoms with van der Waals surface area (Å²) in [6, 6.07) is 27.5. The zero-order valence-electron chi connectivity index (χ0n) is 22.0. The highest BCUT2D eigenvalue weighted by Crippen LogP contribution is 2.35. The molecule has 208 valence electrons. The number of non-ortho nitro benzene ring substituents is 1. The maximum atomic E-state index is 11.6. The van der Waals surface area contributed by atoms with Gasteiger partial charge >= 0.3 is 0 Å². The highest BCUT2D eigenvalue weighted by atomic mass is 32.2. The maximum absolute atomic E-state index is 11.6. The number of rotatable bonds is 8. The van der Waals surface area contributed by atoms with Crippen molar-refractivity contribution in [3.8, 4) is 0 Å². The molecule has 0 spiro atoms. The summed E-state index contributed by atoms with van der Waals surface area (Å²) in [5.74, 6) is 0.778. The third-order valence-corrected chi connectivity index (χ3v) is 9.66. The Morgan fingerprint density at radius 3 is 2.59 bits per heavy atom. The Hall–Kier alpha value is -3.99. The van der Waals surface area contributed by atoms with E-state index in [1.165, 1.54) is 27.7 Å². The molecule has 1 aliphatic rings. The summed E-state index contributed by atoms with van der Waals surface area (Å²) >= 11 is 3.05. The Bertz CT molecular complexity index is 1720. The molecule has 5 aromatic rings. The van der Waals surface area contributed by atoms with Crippen LogP contribution in [0.3, 0.4) is 0 Å². The van der Waals surface area contributed by atoms with Crippen molar-refractivity contribution in [3.63, 3.8) is 0 Å². The number of nitro benzene ring substituents is 1. The monoisotopic (exact) mass is 584 g/mol. The number of hydrogen-bond donors (Lipinski definition) is 0. The fourth-order valence-electron chi connectivity index (χ4n) is 5.24. The van der Waals surface area contributed by atoms with Crippen LogP contribution in [0.4, 0.5) is 10.5 Å². The SMILES string of the molecule is O=C([O-])N1CCC(c2ccc(CSc3nc4ccc([N+](=O)[O-])cc4s3)cc2)C(OCc2ccc3ccccc3c2)C1. The number of carboxylic acid groups (broad SMARTS) is 1. The Balaban J connectivity index is 1.13. The lowest BCUT2D eigenvalue weighted by molar-refractivity contribution is -0.384. The zero-order chi connectivity index (χ0) is 28.3. The first-order chi connectivity index (χ1) is 19.9. The van der Waals surface area contributed by atoms with Gasteiger partial charge in [-0.25, -0.2) is 4.98 Å². The van der Waals surface area contributed by atoms with Crippen LogP contribution in [-0.2, 0) is 17.1 Å². The highest BCUT2D eigenvalue weighted by molar-refractivity contribution is 8.00. The van der Waals surface area contributed by atoms with Gasteiger partial charge in [0.05, 0.1) is 27.9 Å². The predicted molar refractivity (Wildman–Crippen MR) is 159 cm³/mol. The number of likely N-dealkylation sites (tertiary alicyclic amines) is 1. The molecule has 0 radical (unpaired) electrons. The molecule has 2 heterocycles. The van der Waals surface area contributed by atoms with Gasteiger partial charge in [0, 0.05) is 36.9 Å². The summed E-state index contributed by atoms with van der Waals surface area (Å²) in [6.45, 7) is 1.08. The molecule has 1 fully saturated rings. The lowest BCUT2D eigenvalue weighted by Gasteiger charge is -2.40. The molecule has 0 bridgehead atoms. The number of ether oxygens (including phenoxy) is 1. The fraction of sp³-hybridized carbons (Fsp3) is 0.226. The van der Waals surface area contributed by atoms with E-state index >= 15 is 0 Å². The van der Waals surface area contributed by atoms with Gasteiger partial charge in [-0.05, 0) is 46.0 Å². The van der Waals surface area contributed by atoms with E-state index in [0.717, 1.165) is 36.6 Å². The zero-order valence-corrected chi connectivity index (χ0v) is 23.6. The Morgan fingerprint density at radius 2 is 1.80 bits per heavy atom. The summed E-state index contributed by atoms with van der Waals surface area (Å²) in [5, 5.41) is 25.0. The van der Waals surface area contributed by atoms with E-state index in [1.807, 2.05) is 12.1 Å². The number of thiazole rings is 1. The quantitative estimate of drug-likeness (QED) is 0.118. The van der Waals surface area contributed by atoms with Crippen molar-refractivity contribution >= 4 is 55.9 Å². The number of thioether (sulfide) groups is 1. The van der Waals surface area contributed by atoms with E-state index in [0.29, 0.717) is 25.3 Å². The van der Waals surface area contributed by atoms with Crippen molar-refractivity contribution in [1.29, 1.82) is 0 Å². The molecule has 4 aromatic carbocycles. The van der Waals surface area contributed by atoms with E-state index in [1.54, 1.807) is 23.9 Å². The van der Waals surface area contributed by atoms with Crippen LogP contribution in [0.25, 0.3) is 21.0 Å². The number of piperidine rings is 1. The van der Waals surface area contributed by atoms with Gasteiger partial charge in [0.15, 0.2) is 4.34 Å². The van der Waals surface area contributed by atoms with Crippen molar-refractivity contribution in [2.45, 2.75) is 35.1 Å². The number of hydrogen-bond acceptors (Lipinski definition) is 8. The van der Waals surface area contributed by atoms with Gasteiger partial charge in [-0.15, -0.1) is 11.3 Å². The minimum absolute atomic E-state index is 0.0628. The molecule has 41 heavy (non-hydrogen) atoms. The van der Waals surface area contributed by atoms with Crippen molar-refractivity contribution in [1.82, 2.24) is 9.88 Å². The van der Waals surface area contributed by atoms with Gasteiger partial charge in [0.2, 0.25) is 0 Å². The maximum Gasteiger partial charge on any atom is 0.270 e. The Kier molecular flexibility index (Phi) is 7.86. The van der Waals surface area contributed by atoms with E-state index in [9.17, 15) is 20.0 Å². The van der Waals surface area contributed by atoms with Gasteiger partial charge in [-0.3, -0.25) is 10.1 Å². The topological polar surface area (TPSA) is 109 Å². The van der Waals surface area contributed by atoms with Gasteiger partial charge in [-0.1, -0.05) is 72.4 Å². The summed E-state index contributed by atoms with van der Waals surface area (Å²) in [5.41, 5.74) is 4.12. The molecule has 8 nitrogen and oxygen atoms in total. The smallest absolute Gasteiger partial charge is 0.270 e. The number of fused-ring (bicyclic) bond motifs is 2. The van der Waals surface area contributed by atoms with Crippen LogP contribution < -0.4 is 5.11 Å². The summed E-state index contributed by atoms with van der Waals surface area (Å²) in [6.07, 6.45) is -0.804. The molecule has 1 aromatic heterocycles. The summed E-state index contributed by atoms with van der Waals surface area (Å²) < 4.78 is 8.03. The average molecular weight is 585 g/mol. The van der Waals surface area contributed by atoms with E-state index in [-0.39, 0.29) is 24.3 Å². The number of aromatic nitrogens is 1. The van der Waals surface area contributed by atoms with Crippen LogP contribution in [0.15, 0.2) is 89.3 Å². The van der Waals surface area contributed by atoms with E-state index in [4.69, 9.17) is 4.74 Å². The molecule has 2 unspecified atom stereocenters. The van der Waals surface area contributed by atoms with Crippen molar-refractivity contribution in [2.75, 3.05) is 13.1 Å². The van der Waals surface area contributed by atoms with Gasteiger partial charge in [-0.2, -0.15) is 0 Å². The molecule has 6 rings (SSSR count). The van der Waals surface area contributed by atoms with Crippen molar-refractivity contribution in [3.05, 3.63) is 112 Å². The third-order valence-electron chi connectivity index (χ3n) is 7.43. The normalized spacial score (nSPS) is 17.2. The van der Waals surface area contributed by atoms with Crippen LogP contribution in [-0.4, -0.2) is 40.1 Å². The number of amides is 1. The van der Waals surface area contributed by atoms with Crippen LogP contribution >= 0.6 is 23.1 Å². The number of nitrogens with zero attached hydrogens (tertiary/aromatic N) is 3. The number of benzene rings is 4. The standard InChI is InChI=1S/C31H27N3O5S2/c35-31(36)33-14-13-26(28(17-33)39-18-21-7-8-22-3-1-2-4-24(22)15-21)23-9-5-20(6-10-23)19-40-30-32-27-12-11-25(34(37)38)16-29(27)41-30/h1-12,15-16,26,28H,13-14,17-19H2,(H,35,36)/p-1. The lowest BCUT2D eigenvalue weighted by Crippen LogP contribution is -2.51. The molecule has 0 N–H and O–H groups in total. The lowest BCUT2D eigenvalue weighted by atomic mass is 9.86. The fourth-order valence-corrected chi connectivity index (χ4v) is 7.30. The molecule has 1 amide bonds. The second-order valence-electron chi connectivity index (χ2n) is 10.1. The Labute approximate surface area is 244 Å². The molecular weight excluding hydrogens is 558 g/mol.